The Morgan fingerprint density at radius 3 is 2.55 bits per heavy atom. The van der Waals surface area contributed by atoms with Crippen LogP contribution in [0.25, 0.3) is 0 Å². The van der Waals surface area contributed by atoms with Crippen LogP contribution in [-0.4, -0.2) is 49.6 Å². The summed E-state index contributed by atoms with van der Waals surface area (Å²) in [7, 11) is 0. The second-order valence-corrected chi connectivity index (χ2v) is 9.59. The van der Waals surface area contributed by atoms with Crippen LogP contribution in [0.3, 0.4) is 0 Å². The molecule has 1 rings (SSSR count). The number of hydrogen-bond acceptors (Lipinski definition) is 6. The Morgan fingerprint density at radius 2 is 2.00 bits per heavy atom. The van der Waals surface area contributed by atoms with E-state index in [9.17, 15) is 14.7 Å². The van der Waals surface area contributed by atoms with Crippen LogP contribution in [0.1, 0.15) is 33.6 Å². The molecule has 1 atom stereocenters. The smallest absolute Gasteiger partial charge is 0.216 e. The van der Waals surface area contributed by atoms with Crippen LogP contribution in [0, 0.1) is 0 Å². The molecule has 1 fully saturated rings. The minimum Gasteiger partial charge on any atom is -0.387 e. The summed E-state index contributed by atoms with van der Waals surface area (Å²) in [4.78, 5) is 22.7. The Balaban J connectivity index is 2.40. The Hall–Kier alpha value is 0.150. The number of nitrogens with one attached hydrogen (secondary N) is 1. The molecule has 0 bridgehead atoms. The molecule has 116 valence electrons. The van der Waals surface area contributed by atoms with Gasteiger partial charge in [-0.2, -0.15) is 0 Å². The number of aliphatic hydroxyl groups is 1. The molecule has 1 heterocycles. The van der Waals surface area contributed by atoms with Gasteiger partial charge < -0.3 is 10.4 Å². The molecular weight excluding hydrogens is 314 g/mol. The maximum Gasteiger partial charge on any atom is 0.216 e. The Labute approximate surface area is 133 Å². The SMILES string of the molecule is CC(=O)NCCSC(=O)C[C@@](C)(O)C1(C)SCCCS1. The van der Waals surface area contributed by atoms with Crippen molar-refractivity contribution < 1.29 is 14.7 Å². The molecule has 1 saturated heterocycles. The van der Waals surface area contributed by atoms with Gasteiger partial charge in [0.05, 0.1) is 9.68 Å². The minimum atomic E-state index is -1.01. The Kier molecular flexibility index (Phi) is 7.24. The molecular formula is C13H23NO3S3. The first-order valence-electron chi connectivity index (χ1n) is 6.67. The van der Waals surface area contributed by atoms with Crippen LogP contribution in [0.15, 0.2) is 0 Å². The van der Waals surface area contributed by atoms with Crippen LogP contribution < -0.4 is 5.32 Å². The van der Waals surface area contributed by atoms with Gasteiger partial charge in [0.1, 0.15) is 0 Å². The van der Waals surface area contributed by atoms with Crippen LogP contribution >= 0.6 is 35.3 Å². The van der Waals surface area contributed by atoms with Gasteiger partial charge in [-0.15, -0.1) is 23.5 Å². The van der Waals surface area contributed by atoms with Crippen molar-refractivity contribution >= 4 is 46.3 Å². The number of thioether (sulfide) groups is 3. The minimum absolute atomic E-state index is 0.0200. The second kappa shape index (κ2) is 7.96. The molecule has 2 N–H and O–H groups in total. The van der Waals surface area contributed by atoms with E-state index in [1.807, 2.05) is 6.92 Å². The summed E-state index contributed by atoms with van der Waals surface area (Å²) in [6.07, 6.45) is 1.30. The van der Waals surface area contributed by atoms with E-state index in [0.717, 1.165) is 17.9 Å². The van der Waals surface area contributed by atoms with Crippen molar-refractivity contribution in [3.8, 4) is 0 Å². The van der Waals surface area contributed by atoms with E-state index in [1.165, 1.54) is 18.7 Å². The molecule has 7 heteroatoms. The summed E-state index contributed by atoms with van der Waals surface area (Å²) in [6.45, 7) is 5.71. The lowest BCUT2D eigenvalue weighted by molar-refractivity contribution is -0.119. The number of rotatable bonds is 6. The van der Waals surface area contributed by atoms with Crippen molar-refractivity contribution in [3.05, 3.63) is 0 Å². The van der Waals surface area contributed by atoms with Gasteiger partial charge in [0, 0.05) is 25.6 Å². The van der Waals surface area contributed by atoms with Crippen molar-refractivity contribution in [3.63, 3.8) is 0 Å². The van der Waals surface area contributed by atoms with Gasteiger partial charge in [0.2, 0.25) is 5.91 Å². The summed E-state index contributed by atoms with van der Waals surface area (Å²) in [5, 5.41) is 13.3. The molecule has 0 aromatic heterocycles. The van der Waals surface area contributed by atoms with Gasteiger partial charge in [0.25, 0.3) is 0 Å². The van der Waals surface area contributed by atoms with Crippen LogP contribution in [0.2, 0.25) is 0 Å². The van der Waals surface area contributed by atoms with E-state index in [-0.39, 0.29) is 21.5 Å². The summed E-state index contributed by atoms with van der Waals surface area (Å²) >= 11 is 4.66. The molecule has 0 aromatic carbocycles. The maximum absolute atomic E-state index is 12.0. The summed E-state index contributed by atoms with van der Waals surface area (Å²) in [5.74, 6) is 2.52. The largest absolute Gasteiger partial charge is 0.387 e. The van der Waals surface area contributed by atoms with Crippen molar-refractivity contribution in [2.24, 2.45) is 0 Å². The quantitative estimate of drug-likeness (QED) is 0.724. The number of carbonyl (C=O) groups is 2. The molecule has 0 unspecified atom stereocenters. The Morgan fingerprint density at radius 1 is 1.40 bits per heavy atom. The lowest BCUT2D eigenvalue weighted by Gasteiger charge is -2.43. The third kappa shape index (κ3) is 5.50. The molecule has 0 aromatic rings. The summed E-state index contributed by atoms with van der Waals surface area (Å²) in [5.41, 5.74) is -1.01. The predicted octanol–water partition coefficient (Wildman–Crippen LogP) is 2.11. The number of carbonyl (C=O) groups excluding carboxylic acids is 2. The average Bonchev–Trinajstić information content (AvgIpc) is 2.34. The van der Waals surface area contributed by atoms with Gasteiger partial charge >= 0.3 is 0 Å². The highest BCUT2D eigenvalue weighted by Crippen LogP contribution is 2.50. The van der Waals surface area contributed by atoms with Crippen molar-refractivity contribution in [1.82, 2.24) is 5.32 Å². The van der Waals surface area contributed by atoms with Gasteiger partial charge in [-0.3, -0.25) is 9.59 Å². The standard InChI is InChI=1S/C13H23NO3S3/c1-10(15)14-5-8-18-11(16)9-12(2,17)13(3)19-6-4-7-20-13/h17H,4-9H2,1-3H3,(H,14,15)/t12-/m1/s1. The number of amides is 1. The first-order chi connectivity index (χ1) is 9.27. The predicted molar refractivity (Wildman–Crippen MR) is 89.3 cm³/mol. The normalized spacial score (nSPS) is 21.0. The third-order valence-corrected chi connectivity index (χ3v) is 7.80. The van der Waals surface area contributed by atoms with E-state index in [4.69, 9.17) is 0 Å². The fourth-order valence-electron chi connectivity index (χ4n) is 1.83. The first-order valence-corrected chi connectivity index (χ1v) is 9.63. The summed E-state index contributed by atoms with van der Waals surface area (Å²) in [6, 6.07) is 0. The van der Waals surface area contributed by atoms with E-state index in [2.05, 4.69) is 5.32 Å². The molecule has 0 aliphatic carbocycles. The second-order valence-electron chi connectivity index (χ2n) is 5.15. The van der Waals surface area contributed by atoms with Gasteiger partial charge in [-0.05, 0) is 31.8 Å². The van der Waals surface area contributed by atoms with Crippen LogP contribution in [0.5, 0.6) is 0 Å². The third-order valence-electron chi connectivity index (χ3n) is 3.25. The number of hydrogen-bond donors (Lipinski definition) is 2. The van der Waals surface area contributed by atoms with E-state index >= 15 is 0 Å². The molecule has 1 amide bonds. The lowest BCUT2D eigenvalue weighted by atomic mass is 9.99. The zero-order valence-electron chi connectivity index (χ0n) is 12.2. The van der Waals surface area contributed by atoms with Gasteiger partial charge in [-0.1, -0.05) is 11.8 Å². The molecule has 1 aliphatic heterocycles. The van der Waals surface area contributed by atoms with E-state index in [0.29, 0.717) is 12.3 Å². The van der Waals surface area contributed by atoms with Crippen molar-refractivity contribution in [2.45, 2.75) is 43.3 Å². The highest BCUT2D eigenvalue weighted by atomic mass is 32.2. The lowest BCUT2D eigenvalue weighted by Crippen LogP contribution is -2.47. The fourth-order valence-corrected chi connectivity index (χ4v) is 5.78. The van der Waals surface area contributed by atoms with Crippen molar-refractivity contribution in [2.75, 3.05) is 23.8 Å². The fraction of sp³-hybridized carbons (Fsp3) is 0.846. The topological polar surface area (TPSA) is 66.4 Å². The van der Waals surface area contributed by atoms with Crippen LogP contribution in [-0.2, 0) is 9.59 Å². The monoisotopic (exact) mass is 337 g/mol. The molecule has 0 spiro atoms. The van der Waals surface area contributed by atoms with E-state index in [1.54, 1.807) is 30.4 Å². The average molecular weight is 338 g/mol. The van der Waals surface area contributed by atoms with Crippen LogP contribution in [0.4, 0.5) is 0 Å². The Bertz CT molecular complexity index is 355. The highest BCUT2D eigenvalue weighted by Gasteiger charge is 2.46. The molecule has 20 heavy (non-hydrogen) atoms. The molecule has 1 aliphatic rings. The molecule has 0 radical (unpaired) electrons. The zero-order valence-corrected chi connectivity index (χ0v) is 14.7. The first kappa shape index (κ1) is 18.2. The van der Waals surface area contributed by atoms with Crippen molar-refractivity contribution in [1.29, 1.82) is 0 Å². The zero-order chi connectivity index (χ0) is 15.2. The highest BCUT2D eigenvalue weighted by molar-refractivity contribution is 8.18. The molecule has 4 nitrogen and oxygen atoms in total. The van der Waals surface area contributed by atoms with E-state index < -0.39 is 5.60 Å². The summed E-state index contributed by atoms with van der Waals surface area (Å²) < 4.78 is -0.320. The van der Waals surface area contributed by atoms with Gasteiger partial charge in [-0.25, -0.2) is 0 Å². The maximum atomic E-state index is 12.0. The van der Waals surface area contributed by atoms with Gasteiger partial charge in [0.15, 0.2) is 5.12 Å². The molecule has 0 saturated carbocycles.